The second kappa shape index (κ2) is 8.64. The van der Waals surface area contributed by atoms with Crippen molar-refractivity contribution in [1.82, 2.24) is 10.2 Å². The molecule has 1 saturated heterocycles. The predicted octanol–water partition coefficient (Wildman–Crippen LogP) is 3.13. The van der Waals surface area contributed by atoms with Crippen molar-refractivity contribution in [3.8, 4) is 11.5 Å². The topological polar surface area (TPSA) is 98.1 Å². The monoisotopic (exact) mass is 398 g/mol. The van der Waals surface area contributed by atoms with Crippen LogP contribution in [-0.4, -0.2) is 36.0 Å². The maximum atomic E-state index is 12.8. The number of benzene rings is 1. The molecule has 4 amide bonds. The highest BCUT2D eigenvalue weighted by Crippen LogP contribution is 2.30. The summed E-state index contributed by atoms with van der Waals surface area (Å²) in [6, 6.07) is 7.59. The summed E-state index contributed by atoms with van der Waals surface area (Å²) in [6.45, 7) is 3.89. The van der Waals surface area contributed by atoms with Crippen LogP contribution in [0.5, 0.6) is 11.5 Å². The third-order valence-corrected chi connectivity index (χ3v) is 4.48. The van der Waals surface area contributed by atoms with Crippen LogP contribution >= 0.6 is 0 Å². The van der Waals surface area contributed by atoms with Gasteiger partial charge in [-0.2, -0.15) is 0 Å². The van der Waals surface area contributed by atoms with Crippen LogP contribution in [0, 0.1) is 0 Å². The number of imide groups is 2. The first kappa shape index (κ1) is 20.2. The molecule has 29 heavy (non-hydrogen) atoms. The van der Waals surface area contributed by atoms with E-state index in [0.29, 0.717) is 22.8 Å². The molecule has 0 radical (unpaired) electrons. The van der Waals surface area contributed by atoms with Crippen molar-refractivity contribution in [3.05, 3.63) is 53.5 Å². The van der Waals surface area contributed by atoms with E-state index in [4.69, 9.17) is 13.9 Å². The highest BCUT2D eigenvalue weighted by Gasteiger charge is 2.36. The Bertz CT molecular complexity index is 948. The summed E-state index contributed by atoms with van der Waals surface area (Å²) >= 11 is 0. The summed E-state index contributed by atoms with van der Waals surface area (Å²) in [6.07, 6.45) is 3.71. The minimum atomic E-state index is -0.788. The van der Waals surface area contributed by atoms with E-state index in [2.05, 4.69) is 5.32 Å². The Morgan fingerprint density at radius 3 is 2.66 bits per heavy atom. The number of urea groups is 1. The van der Waals surface area contributed by atoms with E-state index in [1.165, 1.54) is 19.4 Å². The highest BCUT2D eigenvalue weighted by molar-refractivity contribution is 6.30. The number of carbonyl (C=O) groups is 3. The summed E-state index contributed by atoms with van der Waals surface area (Å²) in [7, 11) is 1.51. The van der Waals surface area contributed by atoms with Gasteiger partial charge in [-0.25, -0.2) is 4.79 Å². The second-order valence-electron chi connectivity index (χ2n) is 6.53. The Kier molecular flexibility index (Phi) is 6.01. The van der Waals surface area contributed by atoms with Gasteiger partial charge >= 0.3 is 6.03 Å². The fourth-order valence-corrected chi connectivity index (χ4v) is 2.73. The average molecular weight is 398 g/mol. The van der Waals surface area contributed by atoms with E-state index >= 15 is 0 Å². The minimum absolute atomic E-state index is 0.0139. The van der Waals surface area contributed by atoms with Crippen LogP contribution in [0.1, 0.15) is 31.6 Å². The first-order chi connectivity index (χ1) is 13.9. The van der Waals surface area contributed by atoms with E-state index in [1.54, 1.807) is 30.3 Å². The van der Waals surface area contributed by atoms with Crippen LogP contribution < -0.4 is 14.8 Å². The third-order valence-electron chi connectivity index (χ3n) is 4.48. The molecule has 8 nitrogen and oxygen atoms in total. The number of ether oxygens (including phenoxy) is 2. The zero-order chi connectivity index (χ0) is 21.0. The maximum Gasteiger partial charge on any atom is 0.331 e. The smallest absolute Gasteiger partial charge is 0.331 e. The largest absolute Gasteiger partial charge is 0.493 e. The molecule has 1 fully saturated rings. The van der Waals surface area contributed by atoms with Gasteiger partial charge < -0.3 is 13.9 Å². The van der Waals surface area contributed by atoms with Gasteiger partial charge in [0.1, 0.15) is 11.3 Å². The SMILES string of the molecule is CC[C@H](C)Oc1ccc(/C=C2\C(=O)NC(=O)N(Cc3ccco3)C2=O)cc1OC. The molecule has 0 spiro atoms. The van der Waals surface area contributed by atoms with Crippen LogP contribution in [0.3, 0.4) is 0 Å². The van der Waals surface area contributed by atoms with Crippen LogP contribution in [-0.2, 0) is 16.1 Å². The molecular weight excluding hydrogens is 376 g/mol. The molecule has 1 aromatic heterocycles. The fraction of sp³-hybridized carbons (Fsp3) is 0.286. The summed E-state index contributed by atoms with van der Waals surface area (Å²) in [5.41, 5.74) is 0.401. The summed E-state index contributed by atoms with van der Waals surface area (Å²) in [5, 5.41) is 2.18. The van der Waals surface area contributed by atoms with Gasteiger partial charge in [0.05, 0.1) is 26.0 Å². The van der Waals surface area contributed by atoms with E-state index in [9.17, 15) is 14.4 Å². The normalized spacial score (nSPS) is 16.7. The molecule has 2 heterocycles. The maximum absolute atomic E-state index is 12.8. The minimum Gasteiger partial charge on any atom is -0.493 e. The molecule has 1 aliphatic heterocycles. The molecule has 0 bridgehead atoms. The molecule has 1 N–H and O–H groups in total. The molecule has 0 aliphatic carbocycles. The number of carbonyl (C=O) groups excluding carboxylic acids is 3. The molecule has 1 atom stereocenters. The quantitative estimate of drug-likeness (QED) is 0.568. The molecule has 2 aromatic rings. The Labute approximate surface area is 168 Å². The number of hydrogen-bond acceptors (Lipinski definition) is 6. The van der Waals surface area contributed by atoms with Crippen molar-refractivity contribution in [2.45, 2.75) is 32.9 Å². The van der Waals surface area contributed by atoms with E-state index < -0.39 is 17.8 Å². The fourth-order valence-electron chi connectivity index (χ4n) is 2.73. The van der Waals surface area contributed by atoms with E-state index in [0.717, 1.165) is 11.3 Å². The van der Waals surface area contributed by atoms with Crippen molar-refractivity contribution in [3.63, 3.8) is 0 Å². The van der Waals surface area contributed by atoms with Crippen molar-refractivity contribution < 1.29 is 28.3 Å². The lowest BCUT2D eigenvalue weighted by atomic mass is 10.1. The van der Waals surface area contributed by atoms with Crippen molar-refractivity contribution in [2.75, 3.05) is 7.11 Å². The number of methoxy groups -OCH3 is 1. The van der Waals surface area contributed by atoms with Crippen molar-refractivity contribution in [2.24, 2.45) is 0 Å². The van der Waals surface area contributed by atoms with Crippen LogP contribution in [0.15, 0.2) is 46.6 Å². The molecule has 1 aliphatic rings. The number of furan rings is 1. The molecular formula is C21H22N2O6. The van der Waals surface area contributed by atoms with Crippen molar-refractivity contribution >= 4 is 23.9 Å². The van der Waals surface area contributed by atoms with Gasteiger partial charge in [0.25, 0.3) is 11.8 Å². The van der Waals surface area contributed by atoms with Gasteiger partial charge in [-0.1, -0.05) is 13.0 Å². The summed E-state index contributed by atoms with van der Waals surface area (Å²) < 4.78 is 16.4. The van der Waals surface area contributed by atoms with Gasteiger partial charge in [-0.3, -0.25) is 19.8 Å². The number of barbiturate groups is 1. The Morgan fingerprint density at radius 2 is 2.00 bits per heavy atom. The molecule has 1 aromatic carbocycles. The second-order valence-corrected chi connectivity index (χ2v) is 6.53. The standard InChI is InChI=1S/C21H22N2O6/c1-4-13(2)29-17-8-7-14(11-18(17)27-3)10-16-19(24)22-21(26)23(20(16)25)12-15-6-5-9-28-15/h5-11,13H,4,12H2,1-3H3,(H,22,24,26)/b16-10+/t13-/m0/s1. The van der Waals surface area contributed by atoms with Crippen LogP contribution in [0.2, 0.25) is 0 Å². The Hall–Kier alpha value is -3.55. The Balaban J connectivity index is 1.88. The number of hydrogen-bond donors (Lipinski definition) is 1. The number of rotatable bonds is 7. The van der Waals surface area contributed by atoms with Gasteiger partial charge in [0, 0.05) is 0 Å². The van der Waals surface area contributed by atoms with Gasteiger partial charge in [0.2, 0.25) is 0 Å². The summed E-state index contributed by atoms with van der Waals surface area (Å²) in [5.74, 6) is 0.0175. The molecule has 152 valence electrons. The van der Waals surface area contributed by atoms with E-state index in [-0.39, 0.29) is 18.2 Å². The van der Waals surface area contributed by atoms with Gasteiger partial charge in [0.15, 0.2) is 11.5 Å². The summed E-state index contributed by atoms with van der Waals surface area (Å²) in [4.78, 5) is 38.0. The number of nitrogens with one attached hydrogen (secondary N) is 1. The number of amides is 4. The zero-order valence-electron chi connectivity index (χ0n) is 16.4. The molecule has 0 unspecified atom stereocenters. The lowest BCUT2D eigenvalue weighted by Gasteiger charge is -2.25. The zero-order valence-corrected chi connectivity index (χ0v) is 16.4. The van der Waals surface area contributed by atoms with Gasteiger partial charge in [-0.15, -0.1) is 0 Å². The van der Waals surface area contributed by atoms with Crippen molar-refractivity contribution in [1.29, 1.82) is 0 Å². The lowest BCUT2D eigenvalue weighted by Crippen LogP contribution is -2.53. The highest BCUT2D eigenvalue weighted by atomic mass is 16.5. The van der Waals surface area contributed by atoms with Gasteiger partial charge in [-0.05, 0) is 49.2 Å². The molecule has 3 rings (SSSR count). The average Bonchev–Trinajstić information content (AvgIpc) is 3.22. The first-order valence-electron chi connectivity index (χ1n) is 9.18. The van der Waals surface area contributed by atoms with Crippen LogP contribution in [0.25, 0.3) is 6.08 Å². The predicted molar refractivity (Wildman–Crippen MR) is 104 cm³/mol. The number of nitrogens with zero attached hydrogens (tertiary/aromatic N) is 1. The third kappa shape index (κ3) is 4.48. The lowest BCUT2D eigenvalue weighted by molar-refractivity contribution is -0.130. The van der Waals surface area contributed by atoms with Crippen LogP contribution in [0.4, 0.5) is 4.79 Å². The first-order valence-corrected chi connectivity index (χ1v) is 9.18. The van der Waals surface area contributed by atoms with E-state index in [1.807, 2.05) is 13.8 Å². The molecule has 8 heteroatoms. The Morgan fingerprint density at radius 1 is 1.21 bits per heavy atom. The molecule has 0 saturated carbocycles.